The van der Waals surface area contributed by atoms with Gasteiger partial charge in [-0.05, 0) is 37.8 Å². The Morgan fingerprint density at radius 2 is 2.05 bits per heavy atom. The van der Waals surface area contributed by atoms with Gasteiger partial charge in [0, 0.05) is 6.42 Å². The summed E-state index contributed by atoms with van der Waals surface area (Å²) in [6, 6.07) is 6.14. The van der Waals surface area contributed by atoms with Gasteiger partial charge in [0.05, 0.1) is 6.10 Å². The third-order valence-corrected chi connectivity index (χ3v) is 2.86. The molecule has 0 aromatic heterocycles. The van der Waals surface area contributed by atoms with Crippen LogP contribution >= 0.6 is 0 Å². The van der Waals surface area contributed by atoms with Crippen LogP contribution in [0, 0.1) is 6.92 Å². The number of aryl methyl sites for hydroxylation is 1. The van der Waals surface area contributed by atoms with Gasteiger partial charge in [0.15, 0.2) is 0 Å². The van der Waals surface area contributed by atoms with E-state index in [9.17, 15) is 9.90 Å². The first kappa shape index (κ1) is 16.2. The van der Waals surface area contributed by atoms with E-state index in [1.807, 2.05) is 37.3 Å². The third kappa shape index (κ3) is 6.34. The molecule has 1 atom stereocenters. The molecule has 20 heavy (non-hydrogen) atoms. The lowest BCUT2D eigenvalue weighted by Gasteiger charge is -2.04. The van der Waals surface area contributed by atoms with E-state index in [1.165, 1.54) is 5.56 Å². The zero-order valence-corrected chi connectivity index (χ0v) is 12.0. The van der Waals surface area contributed by atoms with Crippen molar-refractivity contribution in [3.8, 4) is 0 Å². The molecule has 0 aliphatic heterocycles. The fraction of sp³-hybridized carbons (Fsp3) is 0.353. The van der Waals surface area contributed by atoms with Crippen molar-refractivity contribution in [1.82, 2.24) is 0 Å². The summed E-state index contributed by atoms with van der Waals surface area (Å²) in [5, 5.41) is 17.9. The number of carboxylic acid groups (broad SMARTS) is 1. The molecule has 0 saturated heterocycles. The van der Waals surface area contributed by atoms with Crippen molar-refractivity contribution < 1.29 is 15.0 Å². The van der Waals surface area contributed by atoms with Gasteiger partial charge in [0.25, 0.3) is 0 Å². The van der Waals surface area contributed by atoms with Crippen molar-refractivity contribution in [2.45, 2.75) is 39.2 Å². The Hall–Kier alpha value is -1.87. The van der Waals surface area contributed by atoms with Crippen LogP contribution in [-0.2, 0) is 4.79 Å². The number of aliphatic hydroxyl groups excluding tert-OH is 1. The summed E-state index contributed by atoms with van der Waals surface area (Å²) in [6.07, 6.45) is 8.79. The van der Waals surface area contributed by atoms with Gasteiger partial charge >= 0.3 is 5.97 Å². The van der Waals surface area contributed by atoms with Crippen LogP contribution in [0.2, 0.25) is 0 Å². The van der Waals surface area contributed by atoms with Crippen LogP contribution < -0.4 is 0 Å². The Bertz CT molecular complexity index is 499. The minimum atomic E-state index is -0.755. The first-order chi connectivity index (χ1) is 9.49. The molecule has 0 unspecified atom stereocenters. The lowest BCUT2D eigenvalue weighted by molar-refractivity contribution is -0.137. The van der Waals surface area contributed by atoms with Crippen LogP contribution in [-0.4, -0.2) is 22.3 Å². The molecule has 0 saturated carbocycles. The summed E-state index contributed by atoms with van der Waals surface area (Å²) >= 11 is 0. The number of carboxylic acids is 1. The predicted molar refractivity (Wildman–Crippen MR) is 82.4 cm³/mol. The molecule has 0 heterocycles. The average Bonchev–Trinajstić information content (AvgIpc) is 2.37. The summed E-state index contributed by atoms with van der Waals surface area (Å²) in [5.41, 5.74) is 3.29. The first-order valence-electron chi connectivity index (χ1n) is 6.84. The summed E-state index contributed by atoms with van der Waals surface area (Å²) in [7, 11) is 0. The molecule has 0 aliphatic carbocycles. The van der Waals surface area contributed by atoms with E-state index in [0.29, 0.717) is 6.42 Å². The number of aliphatic hydroxyl groups is 1. The highest BCUT2D eigenvalue weighted by Crippen LogP contribution is 2.16. The highest BCUT2D eigenvalue weighted by Gasteiger charge is 1.98. The van der Waals surface area contributed by atoms with Gasteiger partial charge in [-0.25, -0.2) is 0 Å². The maximum Gasteiger partial charge on any atom is 0.303 e. The molecule has 0 bridgehead atoms. The van der Waals surface area contributed by atoms with Gasteiger partial charge in [-0.1, -0.05) is 48.1 Å². The smallest absolute Gasteiger partial charge is 0.303 e. The number of rotatable bonds is 7. The topological polar surface area (TPSA) is 57.5 Å². The van der Waals surface area contributed by atoms with Crippen molar-refractivity contribution in [2.75, 3.05) is 0 Å². The predicted octanol–water partition coefficient (Wildman–Crippen LogP) is 3.66. The van der Waals surface area contributed by atoms with Crippen molar-refractivity contribution >= 4 is 18.1 Å². The second-order valence-electron chi connectivity index (χ2n) is 4.92. The van der Waals surface area contributed by atoms with E-state index in [0.717, 1.165) is 17.5 Å². The monoisotopic (exact) mass is 274 g/mol. The molecule has 1 aromatic carbocycles. The Morgan fingerprint density at radius 3 is 2.70 bits per heavy atom. The lowest BCUT2D eigenvalue weighted by atomic mass is 10.0. The molecule has 0 aliphatic rings. The number of aliphatic carboxylic acids is 1. The molecule has 0 radical (unpaired) electrons. The summed E-state index contributed by atoms with van der Waals surface area (Å²) in [6.45, 7) is 3.74. The number of hydrogen-bond acceptors (Lipinski definition) is 2. The maximum atomic E-state index is 10.4. The second kappa shape index (κ2) is 8.33. The van der Waals surface area contributed by atoms with Crippen molar-refractivity contribution in [2.24, 2.45) is 0 Å². The molecule has 3 nitrogen and oxygen atoms in total. The minimum absolute atomic E-state index is 0.201. The van der Waals surface area contributed by atoms with Crippen LogP contribution in [0.25, 0.3) is 12.2 Å². The Balaban J connectivity index is 2.73. The quantitative estimate of drug-likeness (QED) is 0.746. The number of benzene rings is 1. The largest absolute Gasteiger partial charge is 0.481 e. The maximum absolute atomic E-state index is 10.4. The van der Waals surface area contributed by atoms with E-state index in [4.69, 9.17) is 5.11 Å². The fourth-order valence-electron chi connectivity index (χ4n) is 1.81. The molecule has 0 amide bonds. The Kier molecular flexibility index (Phi) is 6.74. The van der Waals surface area contributed by atoms with Crippen molar-refractivity contribution in [1.29, 1.82) is 0 Å². The van der Waals surface area contributed by atoms with E-state index in [-0.39, 0.29) is 6.42 Å². The van der Waals surface area contributed by atoms with E-state index >= 15 is 0 Å². The second-order valence-corrected chi connectivity index (χ2v) is 4.92. The molecule has 108 valence electrons. The first-order valence-corrected chi connectivity index (χ1v) is 6.84. The number of hydrogen-bond donors (Lipinski definition) is 2. The molecule has 1 rings (SSSR count). The van der Waals surface area contributed by atoms with Crippen LogP contribution in [0.4, 0.5) is 0 Å². The van der Waals surface area contributed by atoms with Crippen molar-refractivity contribution in [3.63, 3.8) is 0 Å². The van der Waals surface area contributed by atoms with Crippen LogP contribution in [0.3, 0.4) is 0 Å². The Morgan fingerprint density at radius 1 is 1.30 bits per heavy atom. The number of carbonyl (C=O) groups is 1. The standard InChI is InChI=1S/C17H22O3/c1-13-8-10-15(6-4-3-5-7-17(19)20)16(12-13)11-9-14(2)18/h4,6,8-12,14,18H,3,5,7H2,1-2H3,(H,19,20)/b6-4+,11-9+/t14-/m0/s1. The summed E-state index contributed by atoms with van der Waals surface area (Å²) < 4.78 is 0. The highest BCUT2D eigenvalue weighted by molar-refractivity contribution is 5.67. The Labute approximate surface area is 120 Å². The zero-order chi connectivity index (χ0) is 15.0. The van der Waals surface area contributed by atoms with E-state index in [1.54, 1.807) is 13.0 Å². The van der Waals surface area contributed by atoms with Crippen LogP contribution in [0.1, 0.15) is 42.9 Å². The molecule has 0 spiro atoms. The van der Waals surface area contributed by atoms with Crippen molar-refractivity contribution in [3.05, 3.63) is 47.0 Å². The van der Waals surface area contributed by atoms with Gasteiger partial charge in [-0.2, -0.15) is 0 Å². The van der Waals surface area contributed by atoms with Gasteiger partial charge in [-0.3, -0.25) is 4.79 Å². The van der Waals surface area contributed by atoms with Gasteiger partial charge in [0.2, 0.25) is 0 Å². The third-order valence-electron chi connectivity index (χ3n) is 2.86. The number of unbranched alkanes of at least 4 members (excludes halogenated alkanes) is 1. The van der Waals surface area contributed by atoms with E-state index in [2.05, 4.69) is 6.07 Å². The molecule has 0 fully saturated rings. The normalized spacial score (nSPS) is 13.2. The number of allylic oxidation sites excluding steroid dienone is 1. The van der Waals surface area contributed by atoms with Gasteiger partial charge in [-0.15, -0.1) is 0 Å². The highest BCUT2D eigenvalue weighted by atomic mass is 16.4. The fourth-order valence-corrected chi connectivity index (χ4v) is 1.81. The average molecular weight is 274 g/mol. The molecular formula is C17H22O3. The molecule has 2 N–H and O–H groups in total. The summed E-state index contributed by atoms with van der Waals surface area (Å²) in [5.74, 6) is -0.755. The van der Waals surface area contributed by atoms with Crippen LogP contribution in [0.15, 0.2) is 30.4 Å². The SMILES string of the molecule is Cc1ccc(/C=C/CCCC(=O)O)c(/C=C/[C@H](C)O)c1. The van der Waals surface area contributed by atoms with Gasteiger partial charge in [0.1, 0.15) is 0 Å². The van der Waals surface area contributed by atoms with Gasteiger partial charge < -0.3 is 10.2 Å². The van der Waals surface area contributed by atoms with Crippen LogP contribution in [0.5, 0.6) is 0 Å². The lowest BCUT2D eigenvalue weighted by Crippen LogP contribution is -1.93. The minimum Gasteiger partial charge on any atom is -0.481 e. The van der Waals surface area contributed by atoms with E-state index < -0.39 is 12.1 Å². The molecular weight excluding hydrogens is 252 g/mol. The summed E-state index contributed by atoms with van der Waals surface area (Å²) in [4.78, 5) is 10.4. The molecule has 1 aromatic rings. The molecule has 3 heteroatoms. The zero-order valence-electron chi connectivity index (χ0n) is 12.0.